The third-order valence-corrected chi connectivity index (χ3v) is 7.17. The van der Waals surface area contributed by atoms with Crippen molar-refractivity contribution in [2.75, 3.05) is 24.5 Å². The van der Waals surface area contributed by atoms with Crippen molar-refractivity contribution in [2.45, 2.75) is 32.7 Å². The maximum atomic E-state index is 15.7. The number of carbonyl (C=O) groups excluding carboxylic acids is 1. The highest BCUT2D eigenvalue weighted by molar-refractivity contribution is 5.91. The van der Waals surface area contributed by atoms with Gasteiger partial charge in [-0.2, -0.15) is 4.98 Å². The summed E-state index contributed by atoms with van der Waals surface area (Å²) in [5, 5.41) is 10.7. The Bertz CT molecular complexity index is 1670. The molecule has 1 fully saturated rings. The van der Waals surface area contributed by atoms with E-state index in [0.717, 1.165) is 18.1 Å². The molecule has 0 unspecified atom stereocenters. The molecule has 1 saturated heterocycles. The van der Waals surface area contributed by atoms with E-state index in [-0.39, 0.29) is 28.8 Å². The van der Waals surface area contributed by atoms with Crippen molar-refractivity contribution >= 4 is 22.8 Å². The number of pyridine rings is 1. The molecule has 1 aliphatic rings. The predicted octanol–water partition coefficient (Wildman–Crippen LogP) is 4.61. The third kappa shape index (κ3) is 4.70. The van der Waals surface area contributed by atoms with Gasteiger partial charge in [0.25, 0.3) is 0 Å². The fourth-order valence-corrected chi connectivity index (χ4v) is 5.28. The number of nitrogens with zero attached hydrogens (tertiary/aromatic N) is 5. The minimum atomic E-state index is -0.879. The first kappa shape index (κ1) is 27.0. The van der Waals surface area contributed by atoms with E-state index in [1.54, 1.807) is 17.0 Å². The number of fused-ring (bicyclic) bond motifs is 1. The number of aromatic nitrogens is 3. The summed E-state index contributed by atoms with van der Waals surface area (Å²) in [7, 11) is 0. The standard InChI is InChI=1S/C30H29F2N5O3/c1-4-9-19-10-6-7-12-23(19)37-29-20(16-22(32)27(33-29)26-21(31)11-8-13-24(26)38)28(34-30(37)40)36-15-14-35(17-18(36)3)25(39)5-2/h5-8,10-13,16,18,38H,2,4,9,14-15,17H2,1,3H3/t18-/m0/s1. The van der Waals surface area contributed by atoms with Gasteiger partial charge in [-0.3, -0.25) is 4.79 Å². The van der Waals surface area contributed by atoms with Crippen LogP contribution in [0.3, 0.4) is 0 Å². The number of phenolic OH excluding ortho intramolecular Hbond substituents is 1. The topological polar surface area (TPSA) is 91.6 Å². The molecule has 8 nitrogen and oxygen atoms in total. The molecule has 1 atom stereocenters. The molecule has 40 heavy (non-hydrogen) atoms. The summed E-state index contributed by atoms with van der Waals surface area (Å²) in [5.74, 6) is -2.18. The quantitative estimate of drug-likeness (QED) is 0.356. The van der Waals surface area contributed by atoms with E-state index in [0.29, 0.717) is 31.7 Å². The Morgan fingerprint density at radius 2 is 1.90 bits per heavy atom. The summed E-state index contributed by atoms with van der Waals surface area (Å²) in [6.07, 6.45) is 2.74. The summed E-state index contributed by atoms with van der Waals surface area (Å²) in [5.41, 5.74) is 0.0341. The van der Waals surface area contributed by atoms with Gasteiger partial charge in [-0.25, -0.2) is 23.1 Å². The highest BCUT2D eigenvalue weighted by Crippen LogP contribution is 2.36. The van der Waals surface area contributed by atoms with Crippen LogP contribution < -0.4 is 10.6 Å². The lowest BCUT2D eigenvalue weighted by atomic mass is 10.1. The summed E-state index contributed by atoms with van der Waals surface area (Å²) in [4.78, 5) is 38.3. The average Bonchev–Trinajstić information content (AvgIpc) is 2.93. The molecule has 206 valence electrons. The number of hydrogen-bond donors (Lipinski definition) is 1. The summed E-state index contributed by atoms with van der Waals surface area (Å²) < 4.78 is 31.9. The molecule has 0 bridgehead atoms. The monoisotopic (exact) mass is 545 g/mol. The molecule has 2 aromatic heterocycles. The molecule has 4 aromatic rings. The van der Waals surface area contributed by atoms with Crippen molar-refractivity contribution < 1.29 is 18.7 Å². The van der Waals surface area contributed by atoms with Crippen LogP contribution in [0.1, 0.15) is 25.8 Å². The van der Waals surface area contributed by atoms with E-state index in [1.807, 2.05) is 30.9 Å². The first-order valence-electron chi connectivity index (χ1n) is 13.1. The van der Waals surface area contributed by atoms with Gasteiger partial charge in [0.2, 0.25) is 5.91 Å². The van der Waals surface area contributed by atoms with Crippen molar-refractivity contribution in [1.82, 2.24) is 19.4 Å². The summed E-state index contributed by atoms with van der Waals surface area (Å²) in [6, 6.07) is 11.9. The van der Waals surface area contributed by atoms with Crippen LogP contribution >= 0.6 is 0 Å². The molecule has 0 saturated carbocycles. The minimum absolute atomic E-state index is 0.0782. The second-order valence-electron chi connectivity index (χ2n) is 9.79. The first-order valence-corrected chi connectivity index (χ1v) is 13.1. The van der Waals surface area contributed by atoms with Crippen LogP contribution in [0.25, 0.3) is 28.0 Å². The Balaban J connectivity index is 1.79. The summed E-state index contributed by atoms with van der Waals surface area (Å²) >= 11 is 0. The van der Waals surface area contributed by atoms with E-state index >= 15 is 4.39 Å². The average molecular weight is 546 g/mol. The van der Waals surface area contributed by atoms with Gasteiger partial charge in [0.05, 0.1) is 16.6 Å². The van der Waals surface area contributed by atoms with Crippen LogP contribution in [0.4, 0.5) is 14.6 Å². The smallest absolute Gasteiger partial charge is 0.355 e. The van der Waals surface area contributed by atoms with Gasteiger partial charge in [-0.1, -0.05) is 44.2 Å². The van der Waals surface area contributed by atoms with Gasteiger partial charge in [0.15, 0.2) is 11.5 Å². The number of aryl methyl sites for hydroxylation is 1. The molecule has 0 radical (unpaired) electrons. The minimum Gasteiger partial charge on any atom is -0.507 e. The Hall–Kier alpha value is -4.60. The maximum absolute atomic E-state index is 15.7. The Morgan fingerprint density at radius 3 is 2.60 bits per heavy atom. The predicted molar refractivity (Wildman–Crippen MR) is 150 cm³/mol. The van der Waals surface area contributed by atoms with E-state index in [2.05, 4.69) is 16.5 Å². The maximum Gasteiger partial charge on any atom is 0.355 e. The number of benzene rings is 2. The lowest BCUT2D eigenvalue weighted by molar-refractivity contribution is -0.126. The molecular weight excluding hydrogens is 516 g/mol. The number of piperazine rings is 1. The number of carbonyl (C=O) groups is 1. The zero-order valence-corrected chi connectivity index (χ0v) is 22.3. The lowest BCUT2D eigenvalue weighted by Crippen LogP contribution is -2.54. The van der Waals surface area contributed by atoms with Crippen LogP contribution in [-0.4, -0.2) is 56.1 Å². The van der Waals surface area contributed by atoms with Crippen LogP contribution in [0.5, 0.6) is 5.75 Å². The largest absolute Gasteiger partial charge is 0.507 e. The van der Waals surface area contributed by atoms with Crippen molar-refractivity contribution in [1.29, 1.82) is 0 Å². The van der Waals surface area contributed by atoms with Gasteiger partial charge < -0.3 is 14.9 Å². The Morgan fingerprint density at radius 1 is 1.12 bits per heavy atom. The number of rotatable bonds is 6. The zero-order valence-electron chi connectivity index (χ0n) is 22.3. The molecule has 1 aliphatic heterocycles. The first-order chi connectivity index (χ1) is 19.2. The normalized spacial score (nSPS) is 15.4. The number of phenols is 1. The SMILES string of the molecule is C=CC(=O)N1CCN(c2nc(=O)n(-c3ccccc3CCC)c3nc(-c4c(O)cccc4F)c(F)cc23)[C@@H](C)C1. The molecule has 0 aliphatic carbocycles. The molecule has 3 heterocycles. The molecule has 1 N–H and O–H groups in total. The molecule has 10 heteroatoms. The van der Waals surface area contributed by atoms with Crippen molar-refractivity contribution in [2.24, 2.45) is 0 Å². The van der Waals surface area contributed by atoms with Crippen LogP contribution in [0.2, 0.25) is 0 Å². The van der Waals surface area contributed by atoms with E-state index in [1.165, 1.54) is 28.8 Å². The Kier molecular flexibility index (Phi) is 7.34. The molecular formula is C30H29F2N5O3. The van der Waals surface area contributed by atoms with Crippen molar-refractivity contribution in [3.8, 4) is 22.7 Å². The second-order valence-corrected chi connectivity index (χ2v) is 9.79. The lowest BCUT2D eigenvalue weighted by Gasteiger charge is -2.40. The van der Waals surface area contributed by atoms with Crippen molar-refractivity contribution in [3.05, 3.63) is 88.9 Å². The van der Waals surface area contributed by atoms with Gasteiger partial charge >= 0.3 is 5.69 Å². The fourth-order valence-electron chi connectivity index (χ4n) is 5.28. The van der Waals surface area contributed by atoms with Crippen LogP contribution in [0, 0.1) is 11.6 Å². The van der Waals surface area contributed by atoms with Gasteiger partial charge in [-0.15, -0.1) is 0 Å². The van der Waals surface area contributed by atoms with Gasteiger partial charge in [0.1, 0.15) is 23.1 Å². The zero-order chi connectivity index (χ0) is 28.6. The number of amides is 1. The molecule has 0 spiro atoms. The van der Waals surface area contributed by atoms with Gasteiger partial charge in [-0.05, 0) is 49.2 Å². The highest BCUT2D eigenvalue weighted by Gasteiger charge is 2.30. The third-order valence-electron chi connectivity index (χ3n) is 7.17. The molecule has 2 aromatic carbocycles. The Labute approximate surface area is 229 Å². The van der Waals surface area contributed by atoms with Crippen molar-refractivity contribution in [3.63, 3.8) is 0 Å². The number of para-hydroxylation sites is 1. The van der Waals surface area contributed by atoms with Crippen LogP contribution in [-0.2, 0) is 11.2 Å². The molecule has 1 amide bonds. The molecule has 5 rings (SSSR count). The van der Waals surface area contributed by atoms with E-state index in [9.17, 15) is 19.1 Å². The second kappa shape index (κ2) is 10.9. The summed E-state index contributed by atoms with van der Waals surface area (Å²) in [6.45, 7) is 8.51. The highest BCUT2D eigenvalue weighted by atomic mass is 19.1. The number of anilines is 1. The van der Waals surface area contributed by atoms with E-state index in [4.69, 9.17) is 0 Å². The van der Waals surface area contributed by atoms with Gasteiger partial charge in [0, 0.05) is 25.7 Å². The number of aromatic hydroxyl groups is 1. The van der Waals surface area contributed by atoms with E-state index < -0.39 is 34.3 Å². The van der Waals surface area contributed by atoms with Crippen LogP contribution in [0.15, 0.2) is 66.0 Å². The number of hydrogen-bond acceptors (Lipinski definition) is 6. The number of halogens is 2. The fraction of sp³-hybridized carbons (Fsp3) is 0.267.